The van der Waals surface area contributed by atoms with Gasteiger partial charge in [0.05, 0.1) is 6.20 Å². The van der Waals surface area contributed by atoms with Crippen LogP contribution in [0.2, 0.25) is 0 Å². The third kappa shape index (κ3) is 2.58. The van der Waals surface area contributed by atoms with Crippen LogP contribution in [0.1, 0.15) is 24.8 Å². The van der Waals surface area contributed by atoms with Crippen molar-refractivity contribution in [1.29, 1.82) is 0 Å². The quantitative estimate of drug-likeness (QED) is 0.793. The van der Waals surface area contributed by atoms with Crippen LogP contribution in [0.5, 0.6) is 0 Å². The molecule has 15 heavy (non-hydrogen) atoms. The number of nitrogens with two attached hydrogens (primary N) is 1. The predicted octanol–water partition coefficient (Wildman–Crippen LogP) is 0.733. The molecule has 2 rings (SSSR count). The fourth-order valence-electron chi connectivity index (χ4n) is 2.25. The third-order valence-corrected chi connectivity index (χ3v) is 3.14. The lowest BCUT2D eigenvalue weighted by Gasteiger charge is -2.40. The van der Waals surface area contributed by atoms with E-state index >= 15 is 0 Å². The van der Waals surface area contributed by atoms with Gasteiger partial charge in [-0.15, -0.1) is 0 Å². The summed E-state index contributed by atoms with van der Waals surface area (Å²) >= 11 is 0. The fraction of sp³-hybridized carbons (Fsp3) is 0.727. The molecule has 1 heterocycles. The zero-order valence-corrected chi connectivity index (χ0v) is 9.61. The second-order valence-electron chi connectivity index (χ2n) is 4.91. The van der Waals surface area contributed by atoms with Gasteiger partial charge >= 0.3 is 0 Å². The Morgan fingerprint density at radius 2 is 2.33 bits per heavy atom. The minimum Gasteiger partial charge on any atom is -0.324 e. The maximum Gasteiger partial charge on any atom is 0.0534 e. The monoisotopic (exact) mass is 208 g/mol. The molecule has 1 saturated carbocycles. The molecule has 4 heteroatoms. The van der Waals surface area contributed by atoms with Crippen molar-refractivity contribution < 1.29 is 0 Å². The zero-order valence-electron chi connectivity index (χ0n) is 9.61. The topological polar surface area (TPSA) is 47.1 Å². The molecule has 1 aromatic rings. The van der Waals surface area contributed by atoms with E-state index in [1.165, 1.54) is 24.8 Å². The summed E-state index contributed by atoms with van der Waals surface area (Å²) in [7, 11) is 4.07. The van der Waals surface area contributed by atoms with Crippen LogP contribution >= 0.6 is 0 Å². The van der Waals surface area contributed by atoms with Crippen LogP contribution in [0.3, 0.4) is 0 Å². The predicted molar refractivity (Wildman–Crippen MR) is 60.3 cm³/mol. The molecular formula is C11H20N4. The summed E-state index contributed by atoms with van der Waals surface area (Å²) in [5, 5.41) is 4.16. The van der Waals surface area contributed by atoms with Crippen molar-refractivity contribution in [2.75, 3.05) is 13.6 Å². The molecule has 1 aromatic heterocycles. The number of hydrogen-bond acceptors (Lipinski definition) is 3. The van der Waals surface area contributed by atoms with Gasteiger partial charge in [-0.25, -0.2) is 0 Å². The van der Waals surface area contributed by atoms with Crippen LogP contribution in [0.15, 0.2) is 12.4 Å². The second kappa shape index (κ2) is 3.94. The summed E-state index contributed by atoms with van der Waals surface area (Å²) in [6, 6.07) is 0. The van der Waals surface area contributed by atoms with E-state index in [1.54, 1.807) is 0 Å². The highest BCUT2D eigenvalue weighted by Crippen LogP contribution is 2.29. The van der Waals surface area contributed by atoms with Crippen LogP contribution in [0, 0.1) is 0 Å². The van der Waals surface area contributed by atoms with E-state index in [1.807, 2.05) is 17.9 Å². The maximum atomic E-state index is 6.20. The maximum absolute atomic E-state index is 6.20. The molecule has 0 atom stereocenters. The van der Waals surface area contributed by atoms with Gasteiger partial charge in [0.25, 0.3) is 0 Å². The number of likely N-dealkylation sites (N-methyl/N-ethyl adjacent to an activating group) is 1. The summed E-state index contributed by atoms with van der Waals surface area (Å²) in [6.45, 7) is 1.93. The van der Waals surface area contributed by atoms with Gasteiger partial charge < -0.3 is 10.6 Å². The molecule has 0 aromatic carbocycles. The van der Waals surface area contributed by atoms with Crippen molar-refractivity contribution in [3.63, 3.8) is 0 Å². The van der Waals surface area contributed by atoms with E-state index in [0.29, 0.717) is 0 Å². The molecule has 1 aliphatic carbocycles. The Morgan fingerprint density at radius 1 is 1.60 bits per heavy atom. The molecule has 0 spiro atoms. The Bertz CT molecular complexity index is 327. The molecular weight excluding hydrogens is 188 g/mol. The van der Waals surface area contributed by atoms with Crippen LogP contribution in [0.4, 0.5) is 0 Å². The van der Waals surface area contributed by atoms with Crippen molar-refractivity contribution in [3.8, 4) is 0 Å². The number of hydrogen-bond donors (Lipinski definition) is 1. The Hall–Kier alpha value is -0.870. The summed E-state index contributed by atoms with van der Waals surface area (Å²) in [5.74, 6) is 0. The smallest absolute Gasteiger partial charge is 0.0534 e. The van der Waals surface area contributed by atoms with Crippen molar-refractivity contribution in [3.05, 3.63) is 18.0 Å². The van der Waals surface area contributed by atoms with E-state index < -0.39 is 0 Å². The van der Waals surface area contributed by atoms with Gasteiger partial charge in [-0.05, 0) is 26.3 Å². The molecule has 1 fully saturated rings. The van der Waals surface area contributed by atoms with Crippen molar-refractivity contribution in [2.45, 2.75) is 31.3 Å². The molecule has 0 saturated heterocycles. The average molecular weight is 208 g/mol. The Morgan fingerprint density at radius 3 is 2.80 bits per heavy atom. The summed E-state index contributed by atoms with van der Waals surface area (Å²) in [5.41, 5.74) is 7.53. The lowest BCUT2D eigenvalue weighted by atomic mass is 9.77. The Balaban J connectivity index is 1.84. The lowest BCUT2D eigenvalue weighted by Crippen LogP contribution is -2.54. The fourth-order valence-corrected chi connectivity index (χ4v) is 2.25. The highest BCUT2D eigenvalue weighted by Gasteiger charge is 2.33. The molecule has 2 N–H and O–H groups in total. The molecule has 0 aliphatic heterocycles. The van der Waals surface area contributed by atoms with Crippen LogP contribution < -0.4 is 5.73 Å². The van der Waals surface area contributed by atoms with E-state index in [9.17, 15) is 0 Å². The van der Waals surface area contributed by atoms with Gasteiger partial charge in [0, 0.05) is 37.4 Å². The number of rotatable bonds is 4. The average Bonchev–Trinajstić information content (AvgIpc) is 2.48. The molecule has 0 bridgehead atoms. The molecule has 0 unspecified atom stereocenters. The SMILES string of the molecule is CN(Cc1cnn(C)c1)CC1(N)CCC1. The first-order chi connectivity index (χ1) is 7.07. The van der Waals surface area contributed by atoms with E-state index in [0.717, 1.165) is 13.1 Å². The lowest BCUT2D eigenvalue weighted by molar-refractivity contribution is 0.161. The van der Waals surface area contributed by atoms with Crippen molar-refractivity contribution in [2.24, 2.45) is 12.8 Å². The summed E-state index contributed by atoms with van der Waals surface area (Å²) in [4.78, 5) is 2.29. The van der Waals surface area contributed by atoms with Gasteiger partial charge in [-0.3, -0.25) is 4.68 Å². The first-order valence-electron chi connectivity index (χ1n) is 5.52. The summed E-state index contributed by atoms with van der Waals surface area (Å²) in [6.07, 6.45) is 7.60. The van der Waals surface area contributed by atoms with Crippen molar-refractivity contribution >= 4 is 0 Å². The van der Waals surface area contributed by atoms with Gasteiger partial charge in [0.15, 0.2) is 0 Å². The van der Waals surface area contributed by atoms with Crippen LogP contribution in [0.25, 0.3) is 0 Å². The standard InChI is InChI=1S/C11H20N4/c1-14(9-11(12)4-3-5-11)7-10-6-13-15(2)8-10/h6,8H,3-5,7,9,12H2,1-2H3. The van der Waals surface area contributed by atoms with Gasteiger partial charge in [-0.1, -0.05) is 0 Å². The van der Waals surface area contributed by atoms with Crippen LogP contribution in [-0.2, 0) is 13.6 Å². The third-order valence-electron chi connectivity index (χ3n) is 3.14. The Labute approximate surface area is 91.1 Å². The van der Waals surface area contributed by atoms with Crippen molar-refractivity contribution in [1.82, 2.24) is 14.7 Å². The van der Waals surface area contributed by atoms with E-state index in [-0.39, 0.29) is 5.54 Å². The van der Waals surface area contributed by atoms with E-state index in [2.05, 4.69) is 23.2 Å². The normalized spacial score (nSPS) is 19.2. The summed E-state index contributed by atoms with van der Waals surface area (Å²) < 4.78 is 1.84. The highest BCUT2D eigenvalue weighted by atomic mass is 15.2. The van der Waals surface area contributed by atoms with Crippen LogP contribution in [-0.4, -0.2) is 33.8 Å². The number of aryl methyl sites for hydroxylation is 1. The minimum atomic E-state index is 0.0803. The first kappa shape index (κ1) is 10.6. The van der Waals surface area contributed by atoms with Gasteiger partial charge in [0.1, 0.15) is 0 Å². The van der Waals surface area contributed by atoms with Gasteiger partial charge in [-0.2, -0.15) is 5.10 Å². The Kier molecular flexibility index (Phi) is 2.80. The minimum absolute atomic E-state index is 0.0803. The molecule has 0 radical (unpaired) electrons. The molecule has 1 aliphatic rings. The van der Waals surface area contributed by atoms with Gasteiger partial charge in [0.2, 0.25) is 0 Å². The molecule has 84 valence electrons. The molecule has 0 amide bonds. The number of nitrogens with zero attached hydrogens (tertiary/aromatic N) is 3. The van der Waals surface area contributed by atoms with E-state index in [4.69, 9.17) is 5.73 Å². The highest BCUT2D eigenvalue weighted by molar-refractivity contribution is 5.04. The first-order valence-corrected chi connectivity index (χ1v) is 5.52. The largest absolute Gasteiger partial charge is 0.324 e. The molecule has 4 nitrogen and oxygen atoms in total. The second-order valence-corrected chi connectivity index (χ2v) is 4.91. The number of aromatic nitrogens is 2. The zero-order chi connectivity index (χ0) is 10.9.